The molecule has 0 atom stereocenters. The first-order valence-corrected chi connectivity index (χ1v) is 16.0. The lowest BCUT2D eigenvalue weighted by Gasteiger charge is -2.11. The van der Waals surface area contributed by atoms with Crippen LogP contribution in [-0.2, 0) is 0 Å². The molecule has 230 valence electrons. The molecule has 49 heavy (non-hydrogen) atoms. The fourth-order valence-electron chi connectivity index (χ4n) is 5.95. The van der Waals surface area contributed by atoms with Gasteiger partial charge in [-0.25, -0.2) is 29.9 Å². The summed E-state index contributed by atoms with van der Waals surface area (Å²) in [5.74, 6) is 3.46. The first-order chi connectivity index (χ1) is 24.2. The van der Waals surface area contributed by atoms with Crippen molar-refractivity contribution in [2.45, 2.75) is 0 Å². The summed E-state index contributed by atoms with van der Waals surface area (Å²) in [7, 11) is 0. The van der Waals surface area contributed by atoms with Gasteiger partial charge in [-0.3, -0.25) is 0 Å². The number of aromatic nitrogens is 6. The second kappa shape index (κ2) is 12.1. The third kappa shape index (κ3) is 5.49. The molecule has 0 fully saturated rings. The normalized spacial score (nSPS) is 11.3. The van der Waals surface area contributed by atoms with Crippen molar-refractivity contribution < 1.29 is 4.42 Å². The Bertz CT molecular complexity index is 2550. The fraction of sp³-hybridized carbons (Fsp3) is 0. The van der Waals surface area contributed by atoms with Gasteiger partial charge in [0.1, 0.15) is 11.2 Å². The first kappa shape index (κ1) is 28.4. The molecule has 0 spiro atoms. The highest BCUT2D eigenvalue weighted by atomic mass is 16.3. The number of furan rings is 1. The number of hydrogen-bond donors (Lipinski definition) is 0. The predicted octanol–water partition coefficient (Wildman–Crippen LogP) is 9.96. The minimum atomic E-state index is 0.545. The summed E-state index contributed by atoms with van der Waals surface area (Å²) in [4.78, 5) is 29.7. The molecular formula is C42H26N6O. The Morgan fingerprint density at radius 1 is 0.265 bits per heavy atom. The van der Waals surface area contributed by atoms with E-state index in [4.69, 9.17) is 34.3 Å². The number of para-hydroxylation sites is 1. The summed E-state index contributed by atoms with van der Waals surface area (Å²) in [6.07, 6.45) is 0. The maximum absolute atomic E-state index is 6.09. The Morgan fingerprint density at radius 3 is 1.12 bits per heavy atom. The van der Waals surface area contributed by atoms with Gasteiger partial charge in [-0.15, -0.1) is 0 Å². The molecule has 0 radical (unpaired) electrons. The molecular weight excluding hydrogens is 605 g/mol. The highest BCUT2D eigenvalue weighted by Gasteiger charge is 2.17. The number of fused-ring (bicyclic) bond motifs is 3. The van der Waals surface area contributed by atoms with E-state index < -0.39 is 0 Å². The minimum Gasteiger partial charge on any atom is -0.456 e. The lowest BCUT2D eigenvalue weighted by Crippen LogP contribution is -2.01. The van der Waals surface area contributed by atoms with Crippen molar-refractivity contribution in [3.63, 3.8) is 0 Å². The van der Waals surface area contributed by atoms with E-state index in [2.05, 4.69) is 12.1 Å². The lowest BCUT2D eigenvalue weighted by molar-refractivity contribution is 0.669. The van der Waals surface area contributed by atoms with Crippen LogP contribution >= 0.6 is 0 Å². The van der Waals surface area contributed by atoms with E-state index in [0.717, 1.165) is 55.3 Å². The summed E-state index contributed by atoms with van der Waals surface area (Å²) in [6, 6.07) is 52.0. The second-order valence-corrected chi connectivity index (χ2v) is 11.6. The van der Waals surface area contributed by atoms with Crippen molar-refractivity contribution in [1.29, 1.82) is 0 Å². The van der Waals surface area contributed by atoms with Crippen molar-refractivity contribution >= 4 is 21.9 Å². The van der Waals surface area contributed by atoms with Crippen LogP contribution in [0, 0.1) is 0 Å². The third-order valence-corrected chi connectivity index (χ3v) is 8.38. The summed E-state index contributed by atoms with van der Waals surface area (Å²) < 4.78 is 6.09. The van der Waals surface area contributed by atoms with Crippen LogP contribution in [0.4, 0.5) is 0 Å². The fourth-order valence-corrected chi connectivity index (χ4v) is 5.95. The lowest BCUT2D eigenvalue weighted by atomic mass is 10.1. The number of hydrogen-bond acceptors (Lipinski definition) is 7. The summed E-state index contributed by atoms with van der Waals surface area (Å²) in [5.41, 5.74) is 6.89. The SMILES string of the molecule is c1ccc(-c2nc(-c3ccccc3)nc(-c3cccc(-c4nc(-c5ccccc5)nc(-c5ccc6oc7ccccc7c6c5)n4)c3)n2)cc1. The molecule has 0 unspecified atom stereocenters. The van der Waals surface area contributed by atoms with Crippen LogP contribution in [0.5, 0.6) is 0 Å². The van der Waals surface area contributed by atoms with E-state index in [9.17, 15) is 0 Å². The largest absolute Gasteiger partial charge is 0.456 e. The van der Waals surface area contributed by atoms with Crippen LogP contribution in [0.2, 0.25) is 0 Å². The van der Waals surface area contributed by atoms with Crippen LogP contribution in [0.25, 0.3) is 90.3 Å². The molecule has 0 N–H and O–H groups in total. The van der Waals surface area contributed by atoms with Crippen LogP contribution in [0.1, 0.15) is 0 Å². The zero-order valence-electron chi connectivity index (χ0n) is 26.1. The molecule has 9 aromatic rings. The number of benzene rings is 6. The van der Waals surface area contributed by atoms with Crippen molar-refractivity contribution in [2.24, 2.45) is 0 Å². The molecule has 0 aliphatic heterocycles. The molecule has 3 aromatic heterocycles. The number of rotatable bonds is 6. The molecule has 7 heteroatoms. The highest BCUT2D eigenvalue weighted by molar-refractivity contribution is 6.06. The second-order valence-electron chi connectivity index (χ2n) is 11.6. The van der Waals surface area contributed by atoms with E-state index in [1.54, 1.807) is 0 Å². The van der Waals surface area contributed by atoms with Gasteiger partial charge in [0.05, 0.1) is 0 Å². The summed E-state index contributed by atoms with van der Waals surface area (Å²) in [6.45, 7) is 0. The molecule has 6 aromatic carbocycles. The molecule has 0 aliphatic rings. The zero-order valence-corrected chi connectivity index (χ0v) is 26.1. The minimum absolute atomic E-state index is 0.545. The van der Waals surface area contributed by atoms with Crippen molar-refractivity contribution in [3.8, 4) is 68.3 Å². The van der Waals surface area contributed by atoms with E-state index in [0.29, 0.717) is 34.9 Å². The average Bonchev–Trinajstić information content (AvgIpc) is 3.57. The standard InChI is InChI=1S/C42H26N6O/c1-4-13-27(14-5-1)37-43-38(28-15-6-2-7-16-28)45-40(44-37)30-19-12-20-31(25-30)41-46-39(29-17-8-3-9-18-29)47-42(48-41)32-23-24-36-34(26-32)33-21-10-11-22-35(33)49-36/h1-26H. The van der Waals surface area contributed by atoms with Crippen LogP contribution < -0.4 is 0 Å². The zero-order chi connectivity index (χ0) is 32.6. The van der Waals surface area contributed by atoms with Crippen LogP contribution in [-0.4, -0.2) is 29.9 Å². The third-order valence-electron chi connectivity index (χ3n) is 8.38. The van der Waals surface area contributed by atoms with Crippen molar-refractivity contribution in [3.05, 3.63) is 158 Å². The Balaban J connectivity index is 1.19. The van der Waals surface area contributed by atoms with Gasteiger partial charge < -0.3 is 4.42 Å². The Morgan fingerprint density at radius 2 is 0.633 bits per heavy atom. The summed E-state index contributed by atoms with van der Waals surface area (Å²) in [5, 5.41) is 2.06. The van der Waals surface area contributed by atoms with Gasteiger partial charge in [-0.05, 0) is 30.3 Å². The Labute approximate surface area is 281 Å². The first-order valence-electron chi connectivity index (χ1n) is 16.0. The van der Waals surface area contributed by atoms with E-state index in [-0.39, 0.29) is 0 Å². The summed E-state index contributed by atoms with van der Waals surface area (Å²) >= 11 is 0. The van der Waals surface area contributed by atoms with Gasteiger partial charge in [0.2, 0.25) is 0 Å². The van der Waals surface area contributed by atoms with Gasteiger partial charge >= 0.3 is 0 Å². The highest BCUT2D eigenvalue weighted by Crippen LogP contribution is 2.33. The van der Waals surface area contributed by atoms with Gasteiger partial charge in [-0.2, -0.15) is 0 Å². The maximum atomic E-state index is 6.09. The average molecular weight is 631 g/mol. The van der Waals surface area contributed by atoms with Crippen molar-refractivity contribution in [1.82, 2.24) is 29.9 Å². The molecule has 0 saturated heterocycles. The molecule has 0 saturated carbocycles. The number of nitrogens with zero attached hydrogens (tertiary/aromatic N) is 6. The quantitative estimate of drug-likeness (QED) is 0.181. The molecule has 0 aliphatic carbocycles. The Hall–Kier alpha value is -6.86. The molecule has 9 rings (SSSR count). The van der Waals surface area contributed by atoms with E-state index >= 15 is 0 Å². The smallest absolute Gasteiger partial charge is 0.164 e. The predicted molar refractivity (Wildman–Crippen MR) is 193 cm³/mol. The van der Waals surface area contributed by atoms with Gasteiger partial charge in [0.15, 0.2) is 34.9 Å². The Kier molecular flexibility index (Phi) is 6.98. The van der Waals surface area contributed by atoms with Gasteiger partial charge in [0, 0.05) is 44.2 Å². The topological polar surface area (TPSA) is 90.5 Å². The van der Waals surface area contributed by atoms with Crippen LogP contribution in [0.3, 0.4) is 0 Å². The molecule has 0 bridgehead atoms. The molecule has 0 amide bonds. The molecule has 7 nitrogen and oxygen atoms in total. The van der Waals surface area contributed by atoms with Gasteiger partial charge in [-0.1, -0.05) is 127 Å². The van der Waals surface area contributed by atoms with E-state index in [1.165, 1.54) is 0 Å². The van der Waals surface area contributed by atoms with Crippen LogP contribution in [0.15, 0.2) is 162 Å². The van der Waals surface area contributed by atoms with Gasteiger partial charge in [0.25, 0.3) is 0 Å². The van der Waals surface area contributed by atoms with Crippen molar-refractivity contribution in [2.75, 3.05) is 0 Å². The molecule has 3 heterocycles. The van der Waals surface area contributed by atoms with E-state index in [1.807, 2.05) is 146 Å². The monoisotopic (exact) mass is 630 g/mol. The maximum Gasteiger partial charge on any atom is 0.164 e.